The molecule has 1 aliphatic rings. The average molecular weight is 345 g/mol. The van der Waals surface area contributed by atoms with Crippen LogP contribution in [0.1, 0.15) is 33.6 Å². The van der Waals surface area contributed by atoms with E-state index in [-0.39, 0.29) is 12.2 Å². The number of aromatic nitrogens is 1. The Kier molecular flexibility index (Phi) is 5.34. The van der Waals surface area contributed by atoms with Crippen LogP contribution < -0.4 is 4.74 Å². The molecule has 2 rings (SSSR count). The van der Waals surface area contributed by atoms with Crippen molar-refractivity contribution in [2.45, 2.75) is 45.3 Å². The smallest absolute Gasteiger partial charge is 0.410 e. The van der Waals surface area contributed by atoms with Crippen LogP contribution >= 0.6 is 23.8 Å². The van der Waals surface area contributed by atoms with Gasteiger partial charge >= 0.3 is 6.09 Å². The molecule has 122 valence electrons. The van der Waals surface area contributed by atoms with Crippen LogP contribution in [0, 0.1) is 4.64 Å². The molecule has 5 nitrogen and oxygen atoms in total. The number of nitrogens with zero attached hydrogens (tertiary/aromatic N) is 1. The van der Waals surface area contributed by atoms with Gasteiger partial charge in [-0.1, -0.05) is 23.8 Å². The summed E-state index contributed by atoms with van der Waals surface area (Å²) in [6.45, 7) is 6.80. The molecule has 1 N–H and O–H groups in total. The van der Waals surface area contributed by atoms with E-state index in [4.69, 9.17) is 33.3 Å². The Morgan fingerprint density at radius 1 is 1.41 bits per heavy atom. The molecule has 0 saturated carbocycles. The quantitative estimate of drug-likeness (QED) is 0.818. The summed E-state index contributed by atoms with van der Waals surface area (Å²) in [7, 11) is 0. The lowest BCUT2D eigenvalue weighted by molar-refractivity contribution is 0.0126. The lowest BCUT2D eigenvalue weighted by atomic mass is 10.1. The molecule has 1 aromatic rings. The van der Waals surface area contributed by atoms with Crippen LogP contribution in [0.3, 0.4) is 0 Å². The van der Waals surface area contributed by atoms with Crippen LogP contribution in [0.4, 0.5) is 4.79 Å². The number of H-pyrrole nitrogens is 1. The van der Waals surface area contributed by atoms with Crippen LogP contribution in [0.5, 0.6) is 5.75 Å². The van der Waals surface area contributed by atoms with Gasteiger partial charge in [-0.25, -0.2) is 4.79 Å². The number of rotatable bonds is 2. The maximum atomic E-state index is 12.0. The molecular weight excluding hydrogens is 324 g/mol. The maximum absolute atomic E-state index is 12.0. The van der Waals surface area contributed by atoms with E-state index in [2.05, 4.69) is 4.98 Å². The number of carbonyl (C=O) groups is 1. The second-order valence-electron chi connectivity index (χ2n) is 6.29. The summed E-state index contributed by atoms with van der Waals surface area (Å²) in [6.07, 6.45) is 2.84. The zero-order valence-electron chi connectivity index (χ0n) is 13.0. The number of aromatic amines is 1. The molecule has 0 bridgehead atoms. The largest absolute Gasteiger partial charge is 0.489 e. The van der Waals surface area contributed by atoms with Crippen molar-refractivity contribution in [2.75, 3.05) is 13.1 Å². The second-order valence-corrected chi connectivity index (χ2v) is 7.14. The third-order valence-corrected chi connectivity index (χ3v) is 3.76. The van der Waals surface area contributed by atoms with Gasteiger partial charge in [0, 0.05) is 38.2 Å². The van der Waals surface area contributed by atoms with Crippen molar-refractivity contribution in [1.29, 1.82) is 0 Å². The number of carbonyl (C=O) groups excluding carboxylic acids is 1. The summed E-state index contributed by atoms with van der Waals surface area (Å²) in [5, 5.41) is 0.503. The van der Waals surface area contributed by atoms with E-state index in [0.717, 1.165) is 12.8 Å². The van der Waals surface area contributed by atoms with Gasteiger partial charge in [-0.05, 0) is 20.8 Å². The number of pyridine rings is 1. The molecule has 0 spiro atoms. The number of piperidine rings is 1. The summed E-state index contributed by atoms with van der Waals surface area (Å²) < 4.78 is 11.8. The van der Waals surface area contributed by atoms with Crippen molar-refractivity contribution in [3.63, 3.8) is 0 Å². The molecule has 1 aromatic heterocycles. The van der Waals surface area contributed by atoms with Crippen molar-refractivity contribution < 1.29 is 14.3 Å². The lowest BCUT2D eigenvalue weighted by Crippen LogP contribution is -2.44. The summed E-state index contributed by atoms with van der Waals surface area (Å²) in [4.78, 5) is 16.6. The third-order valence-electron chi connectivity index (χ3n) is 3.23. The van der Waals surface area contributed by atoms with Gasteiger partial charge in [-0.3, -0.25) is 0 Å². The van der Waals surface area contributed by atoms with Crippen LogP contribution in [-0.4, -0.2) is 40.8 Å². The van der Waals surface area contributed by atoms with Crippen molar-refractivity contribution in [3.05, 3.63) is 21.9 Å². The summed E-state index contributed by atoms with van der Waals surface area (Å²) in [5.74, 6) is 0.584. The van der Waals surface area contributed by atoms with Crippen LogP contribution in [0.25, 0.3) is 0 Å². The number of hydrogen-bond acceptors (Lipinski definition) is 4. The number of halogens is 1. The highest BCUT2D eigenvalue weighted by molar-refractivity contribution is 7.71. The minimum atomic E-state index is -0.474. The average Bonchev–Trinajstić information content (AvgIpc) is 2.42. The number of amides is 1. The van der Waals surface area contributed by atoms with Crippen LogP contribution in [0.2, 0.25) is 5.02 Å². The molecule has 1 saturated heterocycles. The molecule has 1 fully saturated rings. The molecular formula is C15H21ClN2O3S. The normalized spacial score (nSPS) is 16.5. The minimum absolute atomic E-state index is 0.0213. The maximum Gasteiger partial charge on any atom is 0.410 e. The lowest BCUT2D eigenvalue weighted by Gasteiger charge is -2.33. The zero-order valence-corrected chi connectivity index (χ0v) is 14.6. The SMILES string of the molecule is CC(C)(C)OC(=O)N1CCC(Oc2cc(=S)[nH]cc2Cl)CC1. The number of nitrogens with one attached hydrogen (secondary N) is 1. The molecule has 0 radical (unpaired) electrons. The Labute approximate surface area is 140 Å². The molecule has 7 heteroatoms. The molecule has 2 heterocycles. The van der Waals surface area contributed by atoms with Gasteiger partial charge in [0.1, 0.15) is 22.1 Å². The predicted octanol–water partition coefficient (Wildman–Crippen LogP) is 4.18. The van der Waals surface area contributed by atoms with Crippen LogP contribution in [-0.2, 0) is 4.74 Å². The first-order valence-electron chi connectivity index (χ1n) is 7.27. The van der Waals surface area contributed by atoms with E-state index < -0.39 is 5.60 Å². The third kappa shape index (κ3) is 4.88. The first-order chi connectivity index (χ1) is 10.2. The van der Waals surface area contributed by atoms with E-state index in [1.54, 1.807) is 17.2 Å². The highest BCUT2D eigenvalue weighted by Gasteiger charge is 2.27. The van der Waals surface area contributed by atoms with Gasteiger partial charge in [0.2, 0.25) is 0 Å². The van der Waals surface area contributed by atoms with Gasteiger partial charge in [-0.15, -0.1) is 0 Å². The highest BCUT2D eigenvalue weighted by atomic mass is 35.5. The van der Waals surface area contributed by atoms with Gasteiger partial charge in [0.05, 0.1) is 5.02 Å². The Bertz CT molecular complexity index is 589. The molecule has 0 atom stereocenters. The fourth-order valence-corrected chi connectivity index (χ4v) is 2.51. The van der Waals surface area contributed by atoms with Crippen LogP contribution in [0.15, 0.2) is 12.3 Å². The van der Waals surface area contributed by atoms with Crippen molar-refractivity contribution in [2.24, 2.45) is 0 Å². The fourth-order valence-electron chi connectivity index (χ4n) is 2.19. The Balaban J connectivity index is 1.88. The van der Waals surface area contributed by atoms with Gasteiger partial charge in [-0.2, -0.15) is 0 Å². The zero-order chi connectivity index (χ0) is 16.3. The first-order valence-corrected chi connectivity index (χ1v) is 8.06. The summed E-state index contributed by atoms with van der Waals surface area (Å²) in [5.41, 5.74) is -0.474. The van der Waals surface area contributed by atoms with Gasteiger partial charge < -0.3 is 19.4 Å². The number of hydrogen-bond donors (Lipinski definition) is 1. The molecule has 0 aliphatic carbocycles. The van der Waals surface area contributed by atoms with Crippen molar-refractivity contribution in [1.82, 2.24) is 9.88 Å². The Morgan fingerprint density at radius 3 is 2.64 bits per heavy atom. The highest BCUT2D eigenvalue weighted by Crippen LogP contribution is 2.26. The number of likely N-dealkylation sites (tertiary alicyclic amines) is 1. The summed E-state index contributed by atoms with van der Waals surface area (Å²) >= 11 is 11.1. The van der Waals surface area contributed by atoms with E-state index in [1.165, 1.54) is 0 Å². The van der Waals surface area contributed by atoms with E-state index in [1.807, 2.05) is 20.8 Å². The molecule has 22 heavy (non-hydrogen) atoms. The Morgan fingerprint density at radius 2 is 2.05 bits per heavy atom. The molecule has 0 unspecified atom stereocenters. The predicted molar refractivity (Wildman–Crippen MR) is 88.1 cm³/mol. The van der Waals surface area contributed by atoms with E-state index >= 15 is 0 Å². The van der Waals surface area contributed by atoms with E-state index in [0.29, 0.717) is 28.5 Å². The monoisotopic (exact) mass is 344 g/mol. The Hall–Kier alpha value is -1.27. The van der Waals surface area contributed by atoms with Crippen molar-refractivity contribution >= 4 is 29.9 Å². The van der Waals surface area contributed by atoms with E-state index in [9.17, 15) is 4.79 Å². The molecule has 1 amide bonds. The van der Waals surface area contributed by atoms with Gasteiger partial charge in [0.15, 0.2) is 0 Å². The standard InChI is InChI=1S/C15H21ClN2O3S/c1-15(2,3)21-14(19)18-6-4-10(5-7-18)20-12-8-13(22)17-9-11(12)16/h8-10H,4-7H2,1-3H3,(H,17,22). The minimum Gasteiger partial charge on any atom is -0.489 e. The first kappa shape index (κ1) is 17.1. The topological polar surface area (TPSA) is 54.6 Å². The molecule has 1 aliphatic heterocycles. The molecule has 0 aromatic carbocycles. The van der Waals surface area contributed by atoms with Gasteiger partial charge in [0.25, 0.3) is 0 Å². The van der Waals surface area contributed by atoms with Crippen molar-refractivity contribution in [3.8, 4) is 5.75 Å². The number of ether oxygens (including phenoxy) is 2. The fraction of sp³-hybridized carbons (Fsp3) is 0.600. The summed E-state index contributed by atoms with van der Waals surface area (Å²) in [6, 6.07) is 1.71. The second kappa shape index (κ2) is 6.87.